The summed E-state index contributed by atoms with van der Waals surface area (Å²) in [6.45, 7) is 1.89. The third-order valence-corrected chi connectivity index (χ3v) is 7.95. The zero-order valence-corrected chi connectivity index (χ0v) is 22.0. The van der Waals surface area contributed by atoms with Crippen molar-refractivity contribution in [3.8, 4) is 0 Å². The second-order valence-electron chi connectivity index (χ2n) is 9.07. The minimum atomic E-state index is -1.69. The number of aliphatic imine (C=N–C) groups is 1. The van der Waals surface area contributed by atoms with Crippen LogP contribution in [0, 0.1) is 11.7 Å². The van der Waals surface area contributed by atoms with Crippen LogP contribution < -0.4 is 5.32 Å². The lowest BCUT2D eigenvalue weighted by molar-refractivity contribution is -0.139. The number of rotatable bonds is 7. The molecule has 12 heteroatoms. The summed E-state index contributed by atoms with van der Waals surface area (Å²) in [5.41, 5.74) is 1.39. The van der Waals surface area contributed by atoms with Gasteiger partial charge in [0.2, 0.25) is 0 Å². The van der Waals surface area contributed by atoms with Crippen molar-refractivity contribution in [1.29, 1.82) is 0 Å². The molecule has 1 saturated carbocycles. The van der Waals surface area contributed by atoms with Crippen LogP contribution in [0.1, 0.15) is 73.0 Å². The Balaban J connectivity index is 1.52. The van der Waals surface area contributed by atoms with Crippen LogP contribution >= 0.6 is 22.9 Å². The number of carbonyl (C=O) groups excluding carboxylic acids is 1. The Morgan fingerprint density at radius 1 is 1.29 bits per heavy atom. The largest absolute Gasteiger partial charge is 0.463 e. The fraction of sp³-hybridized carbons (Fsp3) is 0.385. The summed E-state index contributed by atoms with van der Waals surface area (Å²) in [5, 5.41) is 24.4. The quantitative estimate of drug-likeness (QED) is 0.278. The van der Waals surface area contributed by atoms with E-state index < -0.39 is 24.1 Å². The van der Waals surface area contributed by atoms with Crippen LogP contribution in [0.25, 0.3) is 0 Å². The highest BCUT2D eigenvalue weighted by molar-refractivity contribution is 7.11. The third-order valence-electron chi connectivity index (χ3n) is 6.77. The second-order valence-corrected chi connectivity index (χ2v) is 10.3. The Bertz CT molecular complexity index is 1370. The van der Waals surface area contributed by atoms with Crippen LogP contribution in [0.4, 0.5) is 4.39 Å². The van der Waals surface area contributed by atoms with Gasteiger partial charge in [-0.2, -0.15) is 0 Å². The molecule has 38 heavy (non-hydrogen) atoms. The van der Waals surface area contributed by atoms with Gasteiger partial charge in [-0.3, -0.25) is 4.99 Å². The number of esters is 1. The molecule has 200 valence electrons. The monoisotopic (exact) mass is 560 g/mol. The molecular formula is C26H26ClFN4O5S. The molecule has 2 aliphatic rings. The predicted octanol–water partition coefficient (Wildman–Crippen LogP) is 4.79. The van der Waals surface area contributed by atoms with Crippen molar-refractivity contribution in [2.45, 2.75) is 50.9 Å². The van der Waals surface area contributed by atoms with Crippen molar-refractivity contribution in [2.24, 2.45) is 10.9 Å². The van der Waals surface area contributed by atoms with E-state index in [1.54, 1.807) is 25.3 Å². The third kappa shape index (κ3) is 5.24. The number of thiazole rings is 1. The van der Waals surface area contributed by atoms with Gasteiger partial charge >= 0.3 is 5.97 Å². The zero-order chi connectivity index (χ0) is 26.8. The molecule has 1 aliphatic heterocycles. The fourth-order valence-electron chi connectivity index (χ4n) is 4.96. The maximum Gasteiger partial charge on any atom is 0.338 e. The van der Waals surface area contributed by atoms with E-state index in [9.17, 15) is 19.4 Å². The lowest BCUT2D eigenvalue weighted by atomic mass is 9.78. The minimum Gasteiger partial charge on any atom is -0.463 e. The number of halogens is 2. The van der Waals surface area contributed by atoms with Gasteiger partial charge in [0, 0.05) is 28.8 Å². The van der Waals surface area contributed by atoms with Gasteiger partial charge in [0.15, 0.2) is 23.0 Å². The van der Waals surface area contributed by atoms with E-state index in [2.05, 4.69) is 15.3 Å². The maximum absolute atomic E-state index is 14.5. The predicted molar refractivity (Wildman–Crippen MR) is 138 cm³/mol. The number of aliphatic hydroxyl groups is 2. The van der Waals surface area contributed by atoms with Crippen molar-refractivity contribution < 1.29 is 28.6 Å². The molecule has 9 nitrogen and oxygen atoms in total. The number of allylic oxidation sites excluding steroid dienone is 1. The second kappa shape index (κ2) is 11.3. The summed E-state index contributed by atoms with van der Waals surface area (Å²) in [6, 6.07) is 3.58. The van der Waals surface area contributed by atoms with Gasteiger partial charge in [-0.05, 0) is 44.6 Å². The molecule has 0 spiro atoms. The first-order chi connectivity index (χ1) is 18.4. The van der Waals surface area contributed by atoms with Crippen LogP contribution in [-0.4, -0.2) is 38.6 Å². The van der Waals surface area contributed by atoms with Crippen LogP contribution in [0.5, 0.6) is 0 Å². The average molecular weight is 561 g/mol. The molecule has 2 aromatic heterocycles. The average Bonchev–Trinajstić information content (AvgIpc) is 3.63. The summed E-state index contributed by atoms with van der Waals surface area (Å²) in [7, 11) is 0. The highest BCUT2D eigenvalue weighted by atomic mass is 35.5. The van der Waals surface area contributed by atoms with E-state index in [1.165, 1.54) is 23.7 Å². The molecule has 1 unspecified atom stereocenters. The molecule has 0 amide bonds. The number of aliphatic hydroxyl groups excluding tert-OH is 1. The van der Waals surface area contributed by atoms with Gasteiger partial charge in [-0.15, -0.1) is 11.3 Å². The number of hydrogen-bond donors (Lipinski definition) is 3. The van der Waals surface area contributed by atoms with Gasteiger partial charge in [-0.25, -0.2) is 19.2 Å². The zero-order valence-electron chi connectivity index (χ0n) is 20.4. The Kier molecular flexibility index (Phi) is 7.89. The molecule has 3 heterocycles. The standard InChI is InChI=1S/C26H26ClFN4O5S/c1-2-36-26(35)18-20(13-6-8-14(9-7-13)23-30-17(12-37-23)25(33)34)31-22(24-29-10-11-38-24)32-21(18)15-4-3-5-16(28)19(15)27/h3-5,10-14,21,25,33-34H,2,6-9H2,1H3,(H,31,32)/t13-,14-,21?. The van der Waals surface area contributed by atoms with Crippen LogP contribution in [0.15, 0.2) is 56.7 Å². The number of ether oxygens (including phenoxy) is 1. The number of benzene rings is 1. The molecule has 5 rings (SSSR count). The number of nitrogens with zero attached hydrogens (tertiary/aromatic N) is 3. The topological polar surface area (TPSA) is 130 Å². The van der Waals surface area contributed by atoms with Crippen molar-refractivity contribution in [3.63, 3.8) is 0 Å². The first-order valence-electron chi connectivity index (χ1n) is 12.3. The Hall–Kier alpha value is -3.12. The van der Waals surface area contributed by atoms with Gasteiger partial charge in [-0.1, -0.05) is 23.7 Å². The Labute approximate surface area is 227 Å². The van der Waals surface area contributed by atoms with Crippen LogP contribution in [0.2, 0.25) is 5.02 Å². The maximum atomic E-state index is 14.5. The molecule has 1 fully saturated rings. The number of aromatic nitrogens is 2. The smallest absolute Gasteiger partial charge is 0.338 e. The first kappa shape index (κ1) is 26.5. The number of nitrogens with one attached hydrogen (secondary N) is 1. The summed E-state index contributed by atoms with van der Waals surface area (Å²) in [6.07, 6.45) is 3.99. The van der Waals surface area contributed by atoms with Crippen molar-refractivity contribution in [2.75, 3.05) is 6.61 Å². The number of oxazole rings is 1. The number of carbonyl (C=O) groups is 1. The van der Waals surface area contributed by atoms with Crippen molar-refractivity contribution in [3.05, 3.63) is 80.3 Å². The molecule has 1 atom stereocenters. The molecule has 0 saturated heterocycles. The molecule has 1 aromatic carbocycles. The van der Waals surface area contributed by atoms with Gasteiger partial charge in [0.25, 0.3) is 0 Å². The molecular weight excluding hydrogens is 535 g/mol. The Morgan fingerprint density at radius 3 is 2.71 bits per heavy atom. The van der Waals surface area contributed by atoms with E-state index in [0.717, 1.165) is 0 Å². The summed E-state index contributed by atoms with van der Waals surface area (Å²) < 4.78 is 25.4. The molecule has 1 aliphatic carbocycles. The summed E-state index contributed by atoms with van der Waals surface area (Å²) in [5.74, 6) is -0.281. The highest BCUT2D eigenvalue weighted by Crippen LogP contribution is 2.44. The fourth-order valence-corrected chi connectivity index (χ4v) is 5.78. The summed E-state index contributed by atoms with van der Waals surface area (Å²) in [4.78, 5) is 26.7. The first-order valence-corrected chi connectivity index (χ1v) is 13.5. The number of amidine groups is 1. The van der Waals surface area contributed by atoms with E-state index in [1.807, 2.05) is 5.38 Å². The van der Waals surface area contributed by atoms with E-state index in [0.29, 0.717) is 59.3 Å². The van der Waals surface area contributed by atoms with Crippen LogP contribution in [-0.2, 0) is 9.53 Å². The van der Waals surface area contributed by atoms with Crippen molar-refractivity contribution in [1.82, 2.24) is 15.3 Å². The normalized spacial score (nSPS) is 21.8. The van der Waals surface area contributed by atoms with Gasteiger partial charge < -0.3 is 24.7 Å². The minimum absolute atomic E-state index is 0.00505. The van der Waals surface area contributed by atoms with Crippen LogP contribution in [0.3, 0.4) is 0 Å². The van der Waals surface area contributed by atoms with Crippen molar-refractivity contribution >= 4 is 34.7 Å². The molecule has 0 bridgehead atoms. The van der Waals surface area contributed by atoms with E-state index in [4.69, 9.17) is 25.7 Å². The van der Waals surface area contributed by atoms with E-state index in [-0.39, 0.29) is 29.2 Å². The lowest BCUT2D eigenvalue weighted by Gasteiger charge is -2.34. The lowest BCUT2D eigenvalue weighted by Crippen LogP contribution is -2.38. The molecule has 0 radical (unpaired) electrons. The highest BCUT2D eigenvalue weighted by Gasteiger charge is 2.38. The molecule has 3 N–H and O–H groups in total. The Morgan fingerprint density at radius 2 is 2.05 bits per heavy atom. The SMILES string of the molecule is CCOC(=O)C1=C([C@H]2CC[C@H](c3nc(C(O)O)co3)CC2)NC(c2nccs2)=NC1c1cccc(F)c1Cl. The van der Waals surface area contributed by atoms with Gasteiger partial charge in [0.1, 0.15) is 23.8 Å². The number of hydrogen-bond acceptors (Lipinski definition) is 10. The summed E-state index contributed by atoms with van der Waals surface area (Å²) >= 11 is 7.78. The van der Waals surface area contributed by atoms with Gasteiger partial charge in [0.05, 0.1) is 17.2 Å². The van der Waals surface area contributed by atoms with E-state index >= 15 is 0 Å². The molecule has 3 aromatic rings.